The van der Waals surface area contributed by atoms with Crippen molar-refractivity contribution in [3.8, 4) is 0 Å². The summed E-state index contributed by atoms with van der Waals surface area (Å²) in [6.45, 7) is 1.94. The van der Waals surface area contributed by atoms with Crippen LogP contribution in [0.15, 0.2) is 16.7 Å². The SMILES string of the molecule is Cc1sc(C(=O)O)cc1CSc1ncns1. The zero-order chi connectivity index (χ0) is 11.5. The van der Waals surface area contributed by atoms with E-state index in [9.17, 15) is 4.79 Å². The van der Waals surface area contributed by atoms with E-state index >= 15 is 0 Å². The summed E-state index contributed by atoms with van der Waals surface area (Å²) in [7, 11) is 0. The Morgan fingerprint density at radius 2 is 2.44 bits per heavy atom. The fraction of sp³-hybridized carbons (Fsp3) is 0.222. The molecule has 0 fully saturated rings. The molecule has 0 aromatic carbocycles. The van der Waals surface area contributed by atoms with Gasteiger partial charge < -0.3 is 5.11 Å². The Labute approximate surface area is 105 Å². The summed E-state index contributed by atoms with van der Waals surface area (Å²) in [6, 6.07) is 1.73. The summed E-state index contributed by atoms with van der Waals surface area (Å²) in [6.07, 6.45) is 1.52. The van der Waals surface area contributed by atoms with Gasteiger partial charge in [-0.3, -0.25) is 0 Å². The normalized spacial score (nSPS) is 10.6. The zero-order valence-corrected chi connectivity index (χ0v) is 10.8. The minimum absolute atomic E-state index is 0.394. The smallest absolute Gasteiger partial charge is 0.345 e. The van der Waals surface area contributed by atoms with Crippen LogP contribution in [-0.4, -0.2) is 20.4 Å². The molecule has 0 aliphatic heterocycles. The van der Waals surface area contributed by atoms with Crippen LogP contribution >= 0.6 is 34.6 Å². The number of hydrogen-bond donors (Lipinski definition) is 1. The monoisotopic (exact) mass is 272 g/mol. The largest absolute Gasteiger partial charge is 0.477 e. The number of thiophene rings is 1. The third kappa shape index (κ3) is 2.60. The first-order valence-electron chi connectivity index (χ1n) is 4.39. The van der Waals surface area contributed by atoms with Crippen LogP contribution in [0.4, 0.5) is 0 Å². The number of rotatable bonds is 4. The van der Waals surface area contributed by atoms with E-state index in [0.717, 1.165) is 20.5 Å². The van der Waals surface area contributed by atoms with Crippen molar-refractivity contribution < 1.29 is 9.90 Å². The second kappa shape index (κ2) is 4.94. The highest BCUT2D eigenvalue weighted by atomic mass is 32.2. The van der Waals surface area contributed by atoms with E-state index in [2.05, 4.69) is 9.36 Å². The van der Waals surface area contributed by atoms with E-state index in [0.29, 0.717) is 4.88 Å². The fourth-order valence-corrected chi connectivity index (χ4v) is 3.60. The quantitative estimate of drug-likeness (QED) is 0.867. The van der Waals surface area contributed by atoms with Crippen molar-refractivity contribution >= 4 is 40.6 Å². The van der Waals surface area contributed by atoms with E-state index in [1.165, 1.54) is 29.2 Å². The van der Waals surface area contributed by atoms with Gasteiger partial charge in [0.05, 0.1) is 0 Å². The van der Waals surface area contributed by atoms with E-state index in [-0.39, 0.29) is 0 Å². The second-order valence-electron chi connectivity index (χ2n) is 2.99. The molecule has 2 aromatic rings. The molecule has 84 valence electrons. The molecule has 0 bridgehead atoms. The Balaban J connectivity index is 2.07. The molecule has 16 heavy (non-hydrogen) atoms. The molecule has 0 saturated carbocycles. The molecule has 0 unspecified atom stereocenters. The van der Waals surface area contributed by atoms with Crippen molar-refractivity contribution in [2.24, 2.45) is 0 Å². The molecule has 2 aromatic heterocycles. The van der Waals surface area contributed by atoms with Gasteiger partial charge in [-0.05, 0) is 30.1 Å². The van der Waals surface area contributed by atoms with Crippen LogP contribution in [0.3, 0.4) is 0 Å². The minimum atomic E-state index is -0.861. The van der Waals surface area contributed by atoms with Crippen molar-refractivity contribution in [2.45, 2.75) is 17.0 Å². The summed E-state index contributed by atoms with van der Waals surface area (Å²) in [5, 5.41) is 8.86. The first kappa shape index (κ1) is 11.6. The average Bonchev–Trinajstić information content (AvgIpc) is 2.84. The maximum Gasteiger partial charge on any atom is 0.345 e. The van der Waals surface area contributed by atoms with Gasteiger partial charge >= 0.3 is 5.97 Å². The number of carboxylic acid groups (broad SMARTS) is 1. The summed E-state index contributed by atoms with van der Waals surface area (Å²) in [5.74, 6) is -0.120. The number of carboxylic acids is 1. The van der Waals surface area contributed by atoms with Crippen LogP contribution < -0.4 is 0 Å². The third-order valence-electron chi connectivity index (χ3n) is 1.92. The Bertz CT molecular complexity index is 493. The molecule has 7 heteroatoms. The molecule has 0 aliphatic rings. The Morgan fingerprint density at radius 3 is 3.00 bits per heavy atom. The van der Waals surface area contributed by atoms with E-state index < -0.39 is 5.97 Å². The summed E-state index contributed by atoms with van der Waals surface area (Å²) in [5.41, 5.74) is 1.06. The molecule has 0 aliphatic carbocycles. The lowest BCUT2D eigenvalue weighted by atomic mass is 10.3. The number of hydrogen-bond acceptors (Lipinski definition) is 6. The Hall–Kier alpha value is -0.920. The number of aromatic carboxylic acids is 1. The van der Waals surface area contributed by atoms with Crippen LogP contribution in [0.25, 0.3) is 0 Å². The van der Waals surface area contributed by atoms with Gasteiger partial charge in [0.25, 0.3) is 0 Å². The average molecular weight is 272 g/mol. The first-order valence-corrected chi connectivity index (χ1v) is 6.96. The molecule has 2 rings (SSSR count). The predicted octanol–water partition coefficient (Wildman–Crippen LogP) is 2.90. The topological polar surface area (TPSA) is 63.1 Å². The third-order valence-corrected chi connectivity index (χ3v) is 4.85. The van der Waals surface area contributed by atoms with Gasteiger partial charge in [-0.1, -0.05) is 11.8 Å². The maximum atomic E-state index is 10.8. The zero-order valence-electron chi connectivity index (χ0n) is 8.34. The highest BCUT2D eigenvalue weighted by Crippen LogP contribution is 2.29. The van der Waals surface area contributed by atoms with Gasteiger partial charge in [-0.15, -0.1) is 11.3 Å². The van der Waals surface area contributed by atoms with Crippen LogP contribution in [0.5, 0.6) is 0 Å². The predicted molar refractivity (Wildman–Crippen MR) is 65.5 cm³/mol. The van der Waals surface area contributed by atoms with Gasteiger partial charge in [-0.25, -0.2) is 9.78 Å². The first-order chi connectivity index (χ1) is 7.66. The number of nitrogens with zero attached hydrogens (tertiary/aromatic N) is 2. The molecule has 1 N–H and O–H groups in total. The van der Waals surface area contributed by atoms with Crippen LogP contribution in [-0.2, 0) is 5.75 Å². The molecule has 0 spiro atoms. The van der Waals surface area contributed by atoms with E-state index in [1.807, 2.05) is 6.92 Å². The molecule has 0 saturated heterocycles. The highest BCUT2D eigenvalue weighted by Gasteiger charge is 2.11. The molecule has 4 nitrogen and oxygen atoms in total. The molecular weight excluding hydrogens is 264 g/mol. The van der Waals surface area contributed by atoms with Crippen LogP contribution in [0, 0.1) is 6.92 Å². The number of aryl methyl sites for hydroxylation is 1. The molecular formula is C9H8N2O2S3. The van der Waals surface area contributed by atoms with Gasteiger partial charge in [-0.2, -0.15) is 4.37 Å². The van der Waals surface area contributed by atoms with E-state index in [1.54, 1.807) is 17.8 Å². The van der Waals surface area contributed by atoms with Crippen molar-refractivity contribution in [1.82, 2.24) is 9.36 Å². The molecule has 0 atom stereocenters. The lowest BCUT2D eigenvalue weighted by Gasteiger charge is -1.95. The lowest BCUT2D eigenvalue weighted by molar-refractivity contribution is 0.0702. The van der Waals surface area contributed by atoms with Crippen molar-refractivity contribution in [2.75, 3.05) is 0 Å². The van der Waals surface area contributed by atoms with Gasteiger partial charge in [0.2, 0.25) is 0 Å². The summed E-state index contributed by atoms with van der Waals surface area (Å²) >= 11 is 4.24. The van der Waals surface area contributed by atoms with Crippen molar-refractivity contribution in [3.05, 3.63) is 27.7 Å². The van der Waals surface area contributed by atoms with Crippen LogP contribution in [0.1, 0.15) is 20.1 Å². The summed E-state index contributed by atoms with van der Waals surface area (Å²) in [4.78, 5) is 16.3. The lowest BCUT2D eigenvalue weighted by Crippen LogP contribution is -1.90. The number of thioether (sulfide) groups is 1. The summed E-state index contributed by atoms with van der Waals surface area (Å²) < 4.78 is 4.81. The van der Waals surface area contributed by atoms with Gasteiger partial charge in [0.1, 0.15) is 11.2 Å². The molecule has 2 heterocycles. The Kier molecular flexibility index (Phi) is 3.57. The van der Waals surface area contributed by atoms with E-state index in [4.69, 9.17) is 5.11 Å². The number of aromatic nitrogens is 2. The second-order valence-corrected chi connectivity index (χ2v) is 6.25. The molecule has 0 radical (unpaired) electrons. The maximum absolute atomic E-state index is 10.8. The van der Waals surface area contributed by atoms with Crippen molar-refractivity contribution in [1.29, 1.82) is 0 Å². The molecule has 0 amide bonds. The highest BCUT2D eigenvalue weighted by molar-refractivity contribution is 8.00. The van der Waals surface area contributed by atoms with Gasteiger partial charge in [0, 0.05) is 10.6 Å². The standard InChI is InChI=1S/C9H8N2O2S3/c1-5-6(2-7(15-5)8(12)13)3-14-9-10-4-11-16-9/h2,4H,3H2,1H3,(H,12,13). The van der Waals surface area contributed by atoms with Crippen LogP contribution in [0.2, 0.25) is 0 Å². The van der Waals surface area contributed by atoms with Crippen molar-refractivity contribution in [3.63, 3.8) is 0 Å². The minimum Gasteiger partial charge on any atom is -0.477 e. The number of carbonyl (C=O) groups is 1. The fourth-order valence-electron chi connectivity index (χ4n) is 1.13. The Morgan fingerprint density at radius 1 is 1.62 bits per heavy atom. The van der Waals surface area contributed by atoms with Gasteiger partial charge in [0.15, 0.2) is 4.34 Å².